The first-order chi connectivity index (χ1) is 7.31. The molecule has 1 aromatic rings. The Labute approximate surface area is 90.1 Å². The van der Waals surface area contributed by atoms with Crippen LogP contribution in [-0.4, -0.2) is 31.8 Å². The van der Waals surface area contributed by atoms with E-state index in [0.717, 1.165) is 18.9 Å². The van der Waals surface area contributed by atoms with E-state index in [9.17, 15) is 0 Å². The van der Waals surface area contributed by atoms with Crippen LogP contribution in [0.25, 0.3) is 0 Å². The molecule has 80 valence electrons. The third kappa shape index (κ3) is 3.22. The molecule has 15 heavy (non-hydrogen) atoms. The van der Waals surface area contributed by atoms with Crippen LogP contribution in [0.2, 0.25) is 0 Å². The number of hydrogen-bond donors (Lipinski definition) is 0. The number of rotatable bonds is 5. The lowest BCUT2D eigenvalue weighted by atomic mass is 10.3. The largest absolute Gasteiger partial charge is 0.383 e. The third-order valence-electron chi connectivity index (χ3n) is 2.15. The molecule has 0 fully saturated rings. The highest BCUT2D eigenvalue weighted by Crippen LogP contribution is 2.11. The predicted octanol–water partition coefficient (Wildman–Crippen LogP) is 1.43. The van der Waals surface area contributed by atoms with Gasteiger partial charge in [-0.2, -0.15) is 5.26 Å². The van der Waals surface area contributed by atoms with Crippen LogP contribution in [0.1, 0.15) is 12.5 Å². The summed E-state index contributed by atoms with van der Waals surface area (Å²) in [5, 5.41) is 8.77. The molecular weight excluding hydrogens is 190 g/mol. The predicted molar refractivity (Wildman–Crippen MR) is 58.7 cm³/mol. The van der Waals surface area contributed by atoms with Gasteiger partial charge in [-0.1, -0.05) is 0 Å². The van der Waals surface area contributed by atoms with E-state index in [0.29, 0.717) is 12.2 Å². The summed E-state index contributed by atoms with van der Waals surface area (Å²) in [5.74, 6) is 0.827. The summed E-state index contributed by atoms with van der Waals surface area (Å²) in [6.45, 7) is 4.35. The van der Waals surface area contributed by atoms with Crippen molar-refractivity contribution < 1.29 is 4.74 Å². The highest BCUT2D eigenvalue weighted by molar-refractivity contribution is 5.44. The number of likely N-dealkylation sites (N-methyl/N-ethyl adjacent to an activating group) is 1. The lowest BCUT2D eigenvalue weighted by Crippen LogP contribution is -2.27. The topological polar surface area (TPSA) is 49.1 Å². The zero-order valence-corrected chi connectivity index (χ0v) is 9.10. The fraction of sp³-hybridized carbons (Fsp3) is 0.455. The van der Waals surface area contributed by atoms with Gasteiger partial charge in [-0.05, 0) is 19.1 Å². The average molecular weight is 205 g/mol. The molecule has 0 saturated carbocycles. The molecule has 1 aromatic heterocycles. The van der Waals surface area contributed by atoms with Gasteiger partial charge in [0.2, 0.25) is 0 Å². The number of pyridine rings is 1. The van der Waals surface area contributed by atoms with E-state index >= 15 is 0 Å². The Bertz CT molecular complexity index is 346. The SMILES string of the molecule is CCN(CCOC)c1cc(C#N)ccn1. The normalized spacial score (nSPS) is 9.67. The van der Waals surface area contributed by atoms with Crippen LogP contribution in [0.3, 0.4) is 0 Å². The Hall–Kier alpha value is -1.60. The van der Waals surface area contributed by atoms with Crippen molar-refractivity contribution in [1.82, 2.24) is 4.98 Å². The number of ether oxygens (including phenoxy) is 1. The van der Waals surface area contributed by atoms with Crippen molar-refractivity contribution in [2.75, 3.05) is 31.7 Å². The van der Waals surface area contributed by atoms with Gasteiger partial charge in [0.25, 0.3) is 0 Å². The molecule has 0 unspecified atom stereocenters. The summed E-state index contributed by atoms with van der Waals surface area (Å²) in [7, 11) is 1.67. The minimum atomic E-state index is 0.635. The minimum absolute atomic E-state index is 0.635. The van der Waals surface area contributed by atoms with E-state index in [-0.39, 0.29) is 0 Å². The van der Waals surface area contributed by atoms with Gasteiger partial charge in [0.15, 0.2) is 0 Å². The first kappa shape index (κ1) is 11.5. The van der Waals surface area contributed by atoms with Crippen LogP contribution in [0.15, 0.2) is 18.3 Å². The lowest BCUT2D eigenvalue weighted by Gasteiger charge is -2.21. The van der Waals surface area contributed by atoms with Crippen LogP contribution in [0.5, 0.6) is 0 Å². The lowest BCUT2D eigenvalue weighted by molar-refractivity contribution is 0.205. The molecule has 0 N–H and O–H groups in total. The van der Waals surface area contributed by atoms with E-state index in [1.807, 2.05) is 0 Å². The van der Waals surface area contributed by atoms with Crippen molar-refractivity contribution in [3.8, 4) is 6.07 Å². The molecule has 0 saturated heterocycles. The average Bonchev–Trinajstić information content (AvgIpc) is 2.30. The third-order valence-corrected chi connectivity index (χ3v) is 2.15. The zero-order valence-electron chi connectivity index (χ0n) is 9.10. The summed E-state index contributed by atoms with van der Waals surface area (Å²) in [6.07, 6.45) is 1.66. The van der Waals surface area contributed by atoms with Crippen molar-refractivity contribution in [3.63, 3.8) is 0 Å². The molecule has 0 aromatic carbocycles. The fourth-order valence-corrected chi connectivity index (χ4v) is 1.30. The first-order valence-electron chi connectivity index (χ1n) is 4.91. The Balaban J connectivity index is 2.78. The van der Waals surface area contributed by atoms with Crippen molar-refractivity contribution in [1.29, 1.82) is 5.26 Å². The molecule has 0 aliphatic carbocycles. The number of nitriles is 1. The second-order valence-electron chi connectivity index (χ2n) is 3.09. The van der Waals surface area contributed by atoms with Crippen LogP contribution < -0.4 is 4.90 Å². The Morgan fingerprint density at radius 3 is 3.00 bits per heavy atom. The molecule has 1 rings (SSSR count). The Morgan fingerprint density at radius 1 is 1.60 bits per heavy atom. The number of methoxy groups -OCH3 is 1. The molecule has 0 aliphatic rings. The van der Waals surface area contributed by atoms with Gasteiger partial charge < -0.3 is 9.64 Å². The van der Waals surface area contributed by atoms with Gasteiger partial charge in [0, 0.05) is 26.4 Å². The number of anilines is 1. The van der Waals surface area contributed by atoms with Crippen molar-refractivity contribution in [3.05, 3.63) is 23.9 Å². The quantitative estimate of drug-likeness (QED) is 0.729. The monoisotopic (exact) mass is 205 g/mol. The van der Waals surface area contributed by atoms with Crippen LogP contribution in [-0.2, 0) is 4.74 Å². The van der Waals surface area contributed by atoms with Gasteiger partial charge in [-0.3, -0.25) is 0 Å². The molecule has 0 aliphatic heterocycles. The molecule has 0 radical (unpaired) electrons. The molecule has 0 atom stereocenters. The Kier molecular flexibility index (Phi) is 4.58. The molecule has 1 heterocycles. The Morgan fingerprint density at radius 2 is 2.40 bits per heavy atom. The maximum absolute atomic E-state index is 8.77. The van der Waals surface area contributed by atoms with Gasteiger partial charge in [0.05, 0.1) is 18.2 Å². The van der Waals surface area contributed by atoms with Crippen molar-refractivity contribution in [2.24, 2.45) is 0 Å². The summed E-state index contributed by atoms with van der Waals surface area (Å²) < 4.78 is 5.02. The number of hydrogen-bond acceptors (Lipinski definition) is 4. The van der Waals surface area contributed by atoms with Gasteiger partial charge in [0.1, 0.15) is 5.82 Å². The maximum atomic E-state index is 8.77. The summed E-state index contributed by atoms with van der Waals surface area (Å²) in [4.78, 5) is 6.30. The molecular formula is C11H15N3O. The molecule has 0 bridgehead atoms. The van der Waals surface area contributed by atoms with E-state index in [2.05, 4.69) is 22.9 Å². The van der Waals surface area contributed by atoms with Gasteiger partial charge >= 0.3 is 0 Å². The van der Waals surface area contributed by atoms with Gasteiger partial charge in [-0.25, -0.2) is 4.98 Å². The number of nitrogens with zero attached hydrogens (tertiary/aromatic N) is 3. The zero-order chi connectivity index (χ0) is 11.1. The molecule has 0 amide bonds. The maximum Gasteiger partial charge on any atom is 0.129 e. The van der Waals surface area contributed by atoms with Gasteiger partial charge in [-0.15, -0.1) is 0 Å². The van der Waals surface area contributed by atoms with E-state index in [4.69, 9.17) is 10.00 Å². The van der Waals surface area contributed by atoms with E-state index in [1.54, 1.807) is 25.4 Å². The molecule has 0 spiro atoms. The summed E-state index contributed by atoms with van der Waals surface area (Å²) in [6, 6.07) is 5.60. The van der Waals surface area contributed by atoms with Crippen LogP contribution in [0, 0.1) is 11.3 Å². The summed E-state index contributed by atoms with van der Waals surface area (Å²) in [5.41, 5.74) is 0.635. The molecule has 4 nitrogen and oxygen atoms in total. The van der Waals surface area contributed by atoms with Crippen molar-refractivity contribution in [2.45, 2.75) is 6.92 Å². The fourth-order valence-electron chi connectivity index (χ4n) is 1.30. The molecule has 4 heteroatoms. The van der Waals surface area contributed by atoms with Crippen molar-refractivity contribution >= 4 is 5.82 Å². The standard InChI is InChI=1S/C11H15N3O/c1-3-14(6-7-15-2)11-8-10(9-12)4-5-13-11/h4-5,8H,3,6-7H2,1-2H3. The smallest absolute Gasteiger partial charge is 0.129 e. The van der Waals surface area contributed by atoms with Crippen LogP contribution in [0.4, 0.5) is 5.82 Å². The second-order valence-corrected chi connectivity index (χ2v) is 3.09. The minimum Gasteiger partial charge on any atom is -0.383 e. The summed E-state index contributed by atoms with van der Waals surface area (Å²) >= 11 is 0. The van der Waals surface area contributed by atoms with Crippen LogP contribution >= 0.6 is 0 Å². The first-order valence-corrected chi connectivity index (χ1v) is 4.91. The highest BCUT2D eigenvalue weighted by atomic mass is 16.5. The highest BCUT2D eigenvalue weighted by Gasteiger charge is 2.05. The van der Waals surface area contributed by atoms with E-state index < -0.39 is 0 Å². The second kappa shape index (κ2) is 5.99. The number of aromatic nitrogens is 1. The van der Waals surface area contributed by atoms with E-state index in [1.165, 1.54) is 0 Å².